The Bertz CT molecular complexity index is 681. The Balaban J connectivity index is 1.77. The highest BCUT2D eigenvalue weighted by Crippen LogP contribution is 2.23. The zero-order chi connectivity index (χ0) is 16.9. The van der Waals surface area contributed by atoms with Gasteiger partial charge in [-0.15, -0.1) is 0 Å². The van der Waals surface area contributed by atoms with Gasteiger partial charge in [0.05, 0.1) is 17.8 Å². The summed E-state index contributed by atoms with van der Waals surface area (Å²) in [6, 6.07) is 13.7. The van der Waals surface area contributed by atoms with Gasteiger partial charge in [0.2, 0.25) is 0 Å². The minimum atomic E-state index is 0.0372. The summed E-state index contributed by atoms with van der Waals surface area (Å²) < 4.78 is 0. The summed E-state index contributed by atoms with van der Waals surface area (Å²) in [7, 11) is 3.97. The van der Waals surface area contributed by atoms with Crippen LogP contribution in [0, 0.1) is 0 Å². The summed E-state index contributed by atoms with van der Waals surface area (Å²) in [6.07, 6.45) is 1.76. The van der Waals surface area contributed by atoms with Gasteiger partial charge in [0.1, 0.15) is 0 Å². The van der Waals surface area contributed by atoms with Crippen LogP contribution in [0.5, 0.6) is 0 Å². The molecule has 5 heteroatoms. The predicted molar refractivity (Wildman–Crippen MR) is 96.2 cm³/mol. The van der Waals surface area contributed by atoms with Crippen LogP contribution in [0.25, 0.3) is 0 Å². The molecular weight excluding hydrogens is 300 g/mol. The van der Waals surface area contributed by atoms with Crippen molar-refractivity contribution in [1.82, 2.24) is 14.8 Å². The highest BCUT2D eigenvalue weighted by Gasteiger charge is 2.21. The summed E-state index contributed by atoms with van der Waals surface area (Å²) in [5.41, 5.74) is 2.69. The first-order valence-corrected chi connectivity index (χ1v) is 8.33. The second-order valence-electron chi connectivity index (χ2n) is 6.29. The summed E-state index contributed by atoms with van der Waals surface area (Å²) in [6.45, 7) is 4.45. The number of likely N-dealkylation sites (N-methyl/N-ethyl adjacent to an activating group) is 1. The molecule has 0 bridgehead atoms. The van der Waals surface area contributed by atoms with E-state index < -0.39 is 0 Å². The number of anilines is 1. The van der Waals surface area contributed by atoms with Crippen molar-refractivity contribution in [2.45, 2.75) is 6.54 Å². The molecular formula is C19H24N4O. The Morgan fingerprint density at radius 1 is 1.08 bits per heavy atom. The predicted octanol–water partition coefficient (Wildman–Crippen LogP) is 2.11. The van der Waals surface area contributed by atoms with E-state index in [1.807, 2.05) is 49.5 Å². The molecule has 0 unspecified atom stereocenters. The summed E-state index contributed by atoms with van der Waals surface area (Å²) in [5.74, 6) is 0.0372. The molecule has 1 aromatic carbocycles. The van der Waals surface area contributed by atoms with Gasteiger partial charge in [0.15, 0.2) is 0 Å². The number of rotatable bonds is 4. The number of aromatic nitrogens is 1. The van der Waals surface area contributed by atoms with Crippen molar-refractivity contribution in [3.05, 3.63) is 59.9 Å². The minimum Gasteiger partial charge on any atom is -0.368 e. The van der Waals surface area contributed by atoms with Crippen molar-refractivity contribution in [3.63, 3.8) is 0 Å². The smallest absolute Gasteiger partial charge is 0.256 e. The molecule has 2 heterocycles. The van der Waals surface area contributed by atoms with E-state index in [4.69, 9.17) is 0 Å². The molecule has 3 rings (SSSR count). The van der Waals surface area contributed by atoms with Crippen molar-refractivity contribution in [2.24, 2.45) is 0 Å². The molecule has 1 amide bonds. The zero-order valence-corrected chi connectivity index (χ0v) is 14.4. The third-order valence-electron chi connectivity index (χ3n) is 4.45. The molecule has 0 spiro atoms. The molecule has 2 aromatic rings. The fourth-order valence-corrected chi connectivity index (χ4v) is 2.99. The SMILES string of the molecule is CN1CCN(c2ccccc2C(=O)N(C)Cc2ccccn2)CC1. The van der Waals surface area contributed by atoms with Crippen molar-refractivity contribution in [3.8, 4) is 0 Å². The van der Waals surface area contributed by atoms with Gasteiger partial charge in [0.25, 0.3) is 5.91 Å². The van der Waals surface area contributed by atoms with Crippen molar-refractivity contribution < 1.29 is 4.79 Å². The summed E-state index contributed by atoms with van der Waals surface area (Å²) in [4.78, 5) is 23.6. The van der Waals surface area contributed by atoms with E-state index in [0.717, 1.165) is 43.1 Å². The fraction of sp³-hybridized carbons (Fsp3) is 0.368. The monoisotopic (exact) mass is 324 g/mol. The molecule has 0 saturated carbocycles. The quantitative estimate of drug-likeness (QED) is 0.863. The van der Waals surface area contributed by atoms with Gasteiger partial charge in [0, 0.05) is 45.1 Å². The molecule has 5 nitrogen and oxygen atoms in total. The van der Waals surface area contributed by atoms with E-state index in [1.165, 1.54) is 0 Å². The first-order chi connectivity index (χ1) is 11.6. The lowest BCUT2D eigenvalue weighted by Gasteiger charge is -2.35. The standard InChI is InChI=1S/C19H24N4O/c1-21-11-13-23(14-12-21)18-9-4-3-8-17(18)19(24)22(2)15-16-7-5-6-10-20-16/h3-10H,11-15H2,1-2H3. The topological polar surface area (TPSA) is 39.7 Å². The number of carbonyl (C=O) groups is 1. The Labute approximate surface area is 143 Å². The van der Waals surface area contributed by atoms with Crippen LogP contribution in [0.4, 0.5) is 5.69 Å². The maximum atomic E-state index is 12.9. The second-order valence-corrected chi connectivity index (χ2v) is 6.29. The van der Waals surface area contributed by atoms with Crippen LogP contribution in [-0.2, 0) is 6.54 Å². The summed E-state index contributed by atoms with van der Waals surface area (Å²) >= 11 is 0. The minimum absolute atomic E-state index is 0.0372. The third kappa shape index (κ3) is 3.74. The maximum absolute atomic E-state index is 12.9. The lowest BCUT2D eigenvalue weighted by Crippen LogP contribution is -2.45. The molecule has 0 N–H and O–H groups in total. The van der Waals surface area contributed by atoms with Gasteiger partial charge < -0.3 is 14.7 Å². The Morgan fingerprint density at radius 2 is 1.79 bits per heavy atom. The fourth-order valence-electron chi connectivity index (χ4n) is 2.99. The van der Waals surface area contributed by atoms with Gasteiger partial charge in [-0.25, -0.2) is 0 Å². The molecule has 0 atom stereocenters. The molecule has 1 aromatic heterocycles. The Hall–Kier alpha value is -2.40. The van der Waals surface area contributed by atoms with Crippen LogP contribution in [0.1, 0.15) is 16.1 Å². The number of para-hydroxylation sites is 1. The number of hydrogen-bond acceptors (Lipinski definition) is 4. The number of benzene rings is 1. The van der Waals surface area contributed by atoms with Gasteiger partial charge in [-0.05, 0) is 31.3 Å². The van der Waals surface area contributed by atoms with Crippen molar-refractivity contribution >= 4 is 11.6 Å². The Morgan fingerprint density at radius 3 is 2.50 bits per heavy atom. The molecule has 0 aliphatic carbocycles. The van der Waals surface area contributed by atoms with Crippen LogP contribution in [-0.4, -0.2) is 61.0 Å². The summed E-state index contributed by atoms with van der Waals surface area (Å²) in [5, 5.41) is 0. The normalized spacial score (nSPS) is 15.3. The molecule has 1 aliphatic heterocycles. The van der Waals surface area contributed by atoms with Crippen LogP contribution in [0.3, 0.4) is 0 Å². The number of hydrogen-bond donors (Lipinski definition) is 0. The molecule has 0 radical (unpaired) electrons. The van der Waals surface area contributed by atoms with E-state index >= 15 is 0 Å². The van der Waals surface area contributed by atoms with Crippen LogP contribution in [0.15, 0.2) is 48.7 Å². The second kappa shape index (κ2) is 7.45. The zero-order valence-electron chi connectivity index (χ0n) is 14.4. The van der Waals surface area contributed by atoms with Crippen LogP contribution < -0.4 is 4.90 Å². The average Bonchev–Trinajstić information content (AvgIpc) is 2.62. The molecule has 126 valence electrons. The first-order valence-electron chi connectivity index (χ1n) is 8.33. The highest BCUT2D eigenvalue weighted by molar-refractivity contribution is 5.99. The molecule has 1 saturated heterocycles. The number of carbonyl (C=O) groups excluding carboxylic acids is 1. The van der Waals surface area contributed by atoms with Gasteiger partial charge in [-0.3, -0.25) is 9.78 Å². The van der Waals surface area contributed by atoms with Crippen LogP contribution in [0.2, 0.25) is 0 Å². The van der Waals surface area contributed by atoms with Crippen LogP contribution >= 0.6 is 0 Å². The van der Waals surface area contributed by atoms with Crippen molar-refractivity contribution in [2.75, 3.05) is 45.2 Å². The van der Waals surface area contributed by atoms with Gasteiger partial charge >= 0.3 is 0 Å². The van der Waals surface area contributed by atoms with E-state index in [2.05, 4.69) is 21.8 Å². The molecule has 1 fully saturated rings. The maximum Gasteiger partial charge on any atom is 0.256 e. The van der Waals surface area contributed by atoms with Gasteiger partial charge in [-0.1, -0.05) is 18.2 Å². The van der Waals surface area contributed by atoms with Crippen molar-refractivity contribution in [1.29, 1.82) is 0 Å². The lowest BCUT2D eigenvalue weighted by atomic mass is 10.1. The third-order valence-corrected chi connectivity index (χ3v) is 4.45. The van der Waals surface area contributed by atoms with E-state index in [-0.39, 0.29) is 5.91 Å². The molecule has 24 heavy (non-hydrogen) atoms. The lowest BCUT2D eigenvalue weighted by molar-refractivity contribution is 0.0784. The highest BCUT2D eigenvalue weighted by atomic mass is 16.2. The largest absolute Gasteiger partial charge is 0.368 e. The average molecular weight is 324 g/mol. The Kier molecular flexibility index (Phi) is 5.11. The van der Waals surface area contributed by atoms with E-state index in [1.54, 1.807) is 11.1 Å². The number of pyridine rings is 1. The molecule has 1 aliphatic rings. The van der Waals surface area contributed by atoms with Gasteiger partial charge in [-0.2, -0.15) is 0 Å². The number of amides is 1. The number of nitrogens with zero attached hydrogens (tertiary/aromatic N) is 4. The number of piperazine rings is 1. The van der Waals surface area contributed by atoms with E-state index in [9.17, 15) is 4.79 Å². The first kappa shape index (κ1) is 16.5. The van der Waals surface area contributed by atoms with E-state index in [0.29, 0.717) is 6.54 Å².